The van der Waals surface area contributed by atoms with Crippen LogP contribution in [0.2, 0.25) is 0 Å². The maximum absolute atomic E-state index is 12.6. The van der Waals surface area contributed by atoms with Crippen molar-refractivity contribution in [3.05, 3.63) is 35.4 Å². The highest BCUT2D eigenvalue weighted by molar-refractivity contribution is 5.77. The summed E-state index contributed by atoms with van der Waals surface area (Å²) in [6, 6.07) is 9.65. The summed E-state index contributed by atoms with van der Waals surface area (Å²) in [6.07, 6.45) is 2.69. The molecule has 1 aromatic carbocycles. The van der Waals surface area contributed by atoms with E-state index in [0.717, 1.165) is 6.54 Å². The molecule has 0 saturated carbocycles. The molecule has 4 aliphatic heterocycles. The Labute approximate surface area is 138 Å². The molecular formula is C19H26N2O2. The number of aryl methyl sites for hydroxylation is 1. The van der Waals surface area contributed by atoms with E-state index in [4.69, 9.17) is 0 Å². The van der Waals surface area contributed by atoms with Gasteiger partial charge in [0.05, 0.1) is 12.6 Å². The molecule has 2 bridgehead atoms. The molecule has 1 aromatic rings. The van der Waals surface area contributed by atoms with Crippen LogP contribution in [0.15, 0.2) is 24.3 Å². The third-order valence-electron chi connectivity index (χ3n) is 6.15. The molecule has 0 aliphatic carbocycles. The van der Waals surface area contributed by atoms with Gasteiger partial charge in [-0.2, -0.15) is 0 Å². The van der Waals surface area contributed by atoms with Gasteiger partial charge in [0.25, 0.3) is 0 Å². The van der Waals surface area contributed by atoms with Crippen LogP contribution in [0, 0.1) is 12.8 Å². The molecule has 4 saturated heterocycles. The highest BCUT2D eigenvalue weighted by Crippen LogP contribution is 2.46. The summed E-state index contributed by atoms with van der Waals surface area (Å²) in [5.41, 5.74) is 2.64. The monoisotopic (exact) mass is 314 g/mol. The first kappa shape index (κ1) is 15.2. The van der Waals surface area contributed by atoms with Crippen LogP contribution < -0.4 is 0 Å². The number of fused-ring (bicyclic) bond motifs is 2. The molecule has 0 radical (unpaired) electrons. The minimum Gasteiger partial charge on any atom is -0.396 e. The second-order valence-electron chi connectivity index (χ2n) is 7.39. The lowest BCUT2D eigenvalue weighted by Crippen LogP contribution is -2.60. The standard InChI is InChI=1S/C19H26N2O2/c1-13-2-4-14(5-3-13)16-12-21(17(23)8-11-22)18-15-6-9-20(10-7-15)19(16)18/h2-5,15-16,18-19,22H,6-12H2,1H3/t16-,18+,19+/m0/s1. The van der Waals surface area contributed by atoms with Gasteiger partial charge in [0.15, 0.2) is 0 Å². The molecule has 1 N–H and O–H groups in total. The largest absolute Gasteiger partial charge is 0.396 e. The highest BCUT2D eigenvalue weighted by atomic mass is 16.3. The van der Waals surface area contributed by atoms with Crippen LogP contribution in [-0.4, -0.2) is 59.1 Å². The lowest BCUT2D eigenvalue weighted by atomic mass is 9.75. The molecule has 4 heterocycles. The molecule has 0 spiro atoms. The van der Waals surface area contributed by atoms with E-state index in [-0.39, 0.29) is 18.9 Å². The first-order valence-electron chi connectivity index (χ1n) is 8.90. The Balaban J connectivity index is 1.67. The number of piperidine rings is 3. The number of amides is 1. The zero-order valence-electron chi connectivity index (χ0n) is 13.8. The molecule has 23 heavy (non-hydrogen) atoms. The Kier molecular flexibility index (Phi) is 3.90. The van der Waals surface area contributed by atoms with Crippen molar-refractivity contribution in [2.24, 2.45) is 5.92 Å². The predicted octanol–water partition coefficient (Wildman–Crippen LogP) is 1.77. The summed E-state index contributed by atoms with van der Waals surface area (Å²) in [6.45, 7) is 5.23. The number of benzene rings is 1. The summed E-state index contributed by atoms with van der Waals surface area (Å²) < 4.78 is 0. The molecule has 4 nitrogen and oxygen atoms in total. The fraction of sp³-hybridized carbons (Fsp3) is 0.632. The average molecular weight is 314 g/mol. The third-order valence-corrected chi connectivity index (χ3v) is 6.15. The minimum absolute atomic E-state index is 0.0453. The normalized spacial score (nSPS) is 35.4. The molecule has 4 heteroatoms. The zero-order chi connectivity index (χ0) is 16.0. The summed E-state index contributed by atoms with van der Waals surface area (Å²) in [5.74, 6) is 1.18. The lowest BCUT2D eigenvalue weighted by Gasteiger charge is -2.51. The SMILES string of the molecule is Cc1ccc([C@@H]2CN(C(=O)CCO)[C@@H]3C4CCN(CC4)[C@@H]32)cc1. The summed E-state index contributed by atoms with van der Waals surface area (Å²) in [4.78, 5) is 17.3. The molecule has 124 valence electrons. The number of nitrogens with zero attached hydrogens (tertiary/aromatic N) is 2. The van der Waals surface area contributed by atoms with E-state index in [1.54, 1.807) is 0 Å². The molecule has 4 fully saturated rings. The van der Waals surface area contributed by atoms with Crippen LogP contribution in [0.25, 0.3) is 0 Å². The van der Waals surface area contributed by atoms with Gasteiger partial charge in [-0.05, 0) is 44.3 Å². The quantitative estimate of drug-likeness (QED) is 0.925. The highest BCUT2D eigenvalue weighted by Gasteiger charge is 2.54. The van der Waals surface area contributed by atoms with Gasteiger partial charge < -0.3 is 10.0 Å². The van der Waals surface area contributed by atoms with Crippen LogP contribution in [-0.2, 0) is 4.79 Å². The van der Waals surface area contributed by atoms with Crippen molar-refractivity contribution in [1.29, 1.82) is 0 Å². The number of rotatable bonds is 3. The molecule has 1 amide bonds. The molecule has 0 aromatic heterocycles. The lowest BCUT2D eigenvalue weighted by molar-refractivity contribution is -0.136. The minimum atomic E-state index is -0.0453. The Hall–Kier alpha value is -1.39. The number of hydrogen-bond acceptors (Lipinski definition) is 3. The smallest absolute Gasteiger partial charge is 0.225 e. The summed E-state index contributed by atoms with van der Waals surface area (Å²) in [5, 5.41) is 9.18. The van der Waals surface area contributed by atoms with Gasteiger partial charge in [0.2, 0.25) is 5.91 Å². The Morgan fingerprint density at radius 1 is 1.17 bits per heavy atom. The van der Waals surface area contributed by atoms with Gasteiger partial charge >= 0.3 is 0 Å². The topological polar surface area (TPSA) is 43.8 Å². The number of hydrogen-bond donors (Lipinski definition) is 1. The van der Waals surface area contributed by atoms with E-state index >= 15 is 0 Å². The molecule has 5 rings (SSSR count). The fourth-order valence-electron chi connectivity index (χ4n) is 5.05. The van der Waals surface area contributed by atoms with Crippen molar-refractivity contribution in [1.82, 2.24) is 9.80 Å². The number of aliphatic hydroxyl groups is 1. The van der Waals surface area contributed by atoms with E-state index in [1.165, 1.54) is 37.1 Å². The second-order valence-corrected chi connectivity index (χ2v) is 7.39. The number of carbonyl (C=O) groups excluding carboxylic acids is 1. The van der Waals surface area contributed by atoms with Gasteiger partial charge in [0, 0.05) is 24.9 Å². The average Bonchev–Trinajstić information content (AvgIpc) is 3.00. The first-order valence-corrected chi connectivity index (χ1v) is 8.90. The number of aliphatic hydroxyl groups excluding tert-OH is 1. The fourth-order valence-corrected chi connectivity index (χ4v) is 5.05. The predicted molar refractivity (Wildman–Crippen MR) is 89.2 cm³/mol. The van der Waals surface area contributed by atoms with Crippen molar-refractivity contribution in [3.8, 4) is 0 Å². The van der Waals surface area contributed by atoms with Crippen LogP contribution in [0.1, 0.15) is 36.3 Å². The molecule has 0 unspecified atom stereocenters. The van der Waals surface area contributed by atoms with Crippen molar-refractivity contribution < 1.29 is 9.90 Å². The van der Waals surface area contributed by atoms with Crippen LogP contribution in [0.4, 0.5) is 0 Å². The van der Waals surface area contributed by atoms with Gasteiger partial charge in [-0.25, -0.2) is 0 Å². The van der Waals surface area contributed by atoms with Crippen molar-refractivity contribution >= 4 is 5.91 Å². The third kappa shape index (κ3) is 2.48. The van der Waals surface area contributed by atoms with Gasteiger partial charge in [-0.3, -0.25) is 9.69 Å². The van der Waals surface area contributed by atoms with E-state index in [1.807, 2.05) is 0 Å². The Morgan fingerprint density at radius 2 is 1.87 bits per heavy atom. The van der Waals surface area contributed by atoms with Gasteiger partial charge in [0.1, 0.15) is 0 Å². The second kappa shape index (κ2) is 5.91. The first-order chi connectivity index (χ1) is 11.2. The molecular weight excluding hydrogens is 288 g/mol. The van der Waals surface area contributed by atoms with Crippen molar-refractivity contribution in [2.45, 2.75) is 44.2 Å². The zero-order valence-corrected chi connectivity index (χ0v) is 13.8. The maximum Gasteiger partial charge on any atom is 0.225 e. The Morgan fingerprint density at radius 3 is 2.52 bits per heavy atom. The number of likely N-dealkylation sites (tertiary alicyclic amines) is 1. The molecule has 4 aliphatic rings. The maximum atomic E-state index is 12.6. The van der Waals surface area contributed by atoms with Crippen LogP contribution in [0.3, 0.4) is 0 Å². The van der Waals surface area contributed by atoms with E-state index in [9.17, 15) is 9.90 Å². The molecule has 3 atom stereocenters. The summed E-state index contributed by atoms with van der Waals surface area (Å²) in [7, 11) is 0. The Bertz CT molecular complexity index is 578. The van der Waals surface area contributed by atoms with E-state index in [2.05, 4.69) is 41.0 Å². The van der Waals surface area contributed by atoms with Crippen LogP contribution in [0.5, 0.6) is 0 Å². The van der Waals surface area contributed by atoms with Crippen molar-refractivity contribution in [3.63, 3.8) is 0 Å². The van der Waals surface area contributed by atoms with Gasteiger partial charge in [-0.1, -0.05) is 29.8 Å². The van der Waals surface area contributed by atoms with Gasteiger partial charge in [-0.15, -0.1) is 0 Å². The van der Waals surface area contributed by atoms with E-state index in [0.29, 0.717) is 23.9 Å². The number of carbonyl (C=O) groups is 1. The van der Waals surface area contributed by atoms with Crippen molar-refractivity contribution in [2.75, 3.05) is 26.2 Å². The van der Waals surface area contributed by atoms with E-state index < -0.39 is 0 Å². The summed E-state index contributed by atoms with van der Waals surface area (Å²) >= 11 is 0. The van der Waals surface area contributed by atoms with Crippen LogP contribution >= 0.6 is 0 Å².